The topological polar surface area (TPSA) is 58.6 Å². The van der Waals surface area contributed by atoms with Crippen LogP contribution in [-0.2, 0) is 0 Å². The lowest BCUT2D eigenvalue weighted by Crippen LogP contribution is -2.34. The fourth-order valence-corrected chi connectivity index (χ4v) is 2.44. The van der Waals surface area contributed by atoms with Crippen molar-refractivity contribution in [3.63, 3.8) is 0 Å². The average molecular weight is 296 g/mol. The maximum atomic E-state index is 12.3. The first-order valence-corrected chi connectivity index (χ1v) is 7.13. The number of imide groups is 1. The first-order chi connectivity index (χ1) is 10.7. The van der Waals surface area contributed by atoms with Gasteiger partial charge in [-0.15, -0.1) is 0 Å². The fourth-order valence-electron chi connectivity index (χ4n) is 2.44. The maximum absolute atomic E-state index is 12.3. The van der Waals surface area contributed by atoms with E-state index in [1.807, 2.05) is 31.2 Å². The van der Waals surface area contributed by atoms with Crippen LogP contribution in [0.2, 0.25) is 0 Å². The minimum absolute atomic E-state index is 0.108. The van der Waals surface area contributed by atoms with Gasteiger partial charge in [0, 0.05) is 0 Å². The molecule has 0 saturated carbocycles. The molecule has 0 aliphatic carbocycles. The average Bonchev–Trinajstić information content (AvgIpc) is 2.79. The zero-order chi connectivity index (χ0) is 15.5. The van der Waals surface area contributed by atoms with Gasteiger partial charge in [0.25, 0.3) is 11.8 Å². The van der Waals surface area contributed by atoms with Crippen molar-refractivity contribution in [2.45, 2.75) is 6.92 Å². The third-order valence-corrected chi connectivity index (χ3v) is 3.49. The van der Waals surface area contributed by atoms with E-state index < -0.39 is 0 Å². The highest BCUT2D eigenvalue weighted by atomic mass is 16.5. The summed E-state index contributed by atoms with van der Waals surface area (Å²) < 4.78 is 5.52. The summed E-state index contributed by atoms with van der Waals surface area (Å²) in [4.78, 5) is 25.7. The second-order valence-corrected chi connectivity index (χ2v) is 4.85. The van der Waals surface area contributed by atoms with E-state index in [0.29, 0.717) is 23.5 Å². The molecule has 0 aromatic heterocycles. The largest absolute Gasteiger partial charge is 0.492 e. The highest BCUT2D eigenvalue weighted by Crippen LogP contribution is 2.26. The lowest BCUT2D eigenvalue weighted by molar-refractivity contribution is 0.0665. The minimum Gasteiger partial charge on any atom is -0.492 e. The van der Waals surface area contributed by atoms with Gasteiger partial charge in [-0.05, 0) is 31.2 Å². The molecule has 1 aliphatic rings. The number of ether oxygens (including phenoxy) is 1. The van der Waals surface area contributed by atoms with Crippen molar-refractivity contribution in [1.82, 2.24) is 4.90 Å². The third-order valence-electron chi connectivity index (χ3n) is 3.49. The van der Waals surface area contributed by atoms with E-state index in [-0.39, 0.29) is 18.5 Å². The van der Waals surface area contributed by atoms with Crippen LogP contribution >= 0.6 is 0 Å². The van der Waals surface area contributed by atoms with Gasteiger partial charge in [0.2, 0.25) is 0 Å². The molecule has 3 rings (SSSR count). The van der Waals surface area contributed by atoms with Crippen LogP contribution in [0.4, 0.5) is 5.69 Å². The van der Waals surface area contributed by atoms with Crippen molar-refractivity contribution in [2.75, 3.05) is 18.6 Å². The number of hydrogen-bond acceptors (Lipinski definition) is 4. The van der Waals surface area contributed by atoms with Gasteiger partial charge in [0.15, 0.2) is 0 Å². The molecule has 0 unspecified atom stereocenters. The molecule has 0 radical (unpaired) electrons. The van der Waals surface area contributed by atoms with Gasteiger partial charge in [-0.1, -0.05) is 24.3 Å². The lowest BCUT2D eigenvalue weighted by Gasteiger charge is -2.17. The summed E-state index contributed by atoms with van der Waals surface area (Å²) >= 11 is 0. The first-order valence-electron chi connectivity index (χ1n) is 7.13. The number of carbonyl (C=O) groups excluding carboxylic acids is 2. The van der Waals surface area contributed by atoms with Crippen LogP contribution in [0.15, 0.2) is 48.5 Å². The van der Waals surface area contributed by atoms with Gasteiger partial charge in [-0.2, -0.15) is 0 Å². The summed E-state index contributed by atoms with van der Waals surface area (Å²) in [5.74, 6) is 0.144. The quantitative estimate of drug-likeness (QED) is 0.862. The molecule has 0 atom stereocenters. The molecule has 1 heterocycles. The Morgan fingerprint density at radius 3 is 2.18 bits per heavy atom. The zero-order valence-corrected chi connectivity index (χ0v) is 12.2. The molecule has 2 amide bonds. The Kier molecular flexibility index (Phi) is 3.78. The predicted octanol–water partition coefficient (Wildman–Crippen LogP) is 2.75. The van der Waals surface area contributed by atoms with Crippen LogP contribution in [0.5, 0.6) is 5.75 Å². The van der Waals surface area contributed by atoms with Crippen molar-refractivity contribution < 1.29 is 14.3 Å². The van der Waals surface area contributed by atoms with Crippen molar-refractivity contribution in [1.29, 1.82) is 0 Å². The first kappa shape index (κ1) is 14.1. The Balaban J connectivity index is 1.76. The number of para-hydroxylation sites is 2. The third kappa shape index (κ3) is 2.41. The van der Waals surface area contributed by atoms with E-state index in [1.54, 1.807) is 24.3 Å². The number of nitrogens with one attached hydrogen (secondary N) is 1. The summed E-state index contributed by atoms with van der Waals surface area (Å²) in [6.45, 7) is 2.56. The second-order valence-electron chi connectivity index (χ2n) is 4.85. The number of benzene rings is 2. The van der Waals surface area contributed by atoms with Gasteiger partial charge < -0.3 is 10.1 Å². The van der Waals surface area contributed by atoms with E-state index in [0.717, 1.165) is 5.69 Å². The Bertz CT molecular complexity index is 692. The Labute approximate surface area is 128 Å². The number of nitrogens with zero attached hydrogens (tertiary/aromatic N) is 1. The lowest BCUT2D eigenvalue weighted by atomic mass is 10.1. The number of anilines is 1. The summed E-state index contributed by atoms with van der Waals surface area (Å²) in [5.41, 5.74) is 1.65. The Morgan fingerprint density at radius 2 is 1.55 bits per heavy atom. The van der Waals surface area contributed by atoms with Crippen LogP contribution in [0.25, 0.3) is 0 Å². The Morgan fingerprint density at radius 1 is 0.955 bits per heavy atom. The van der Waals surface area contributed by atoms with Gasteiger partial charge in [-0.25, -0.2) is 0 Å². The number of fused-ring (bicyclic) bond motifs is 1. The highest BCUT2D eigenvalue weighted by molar-refractivity contribution is 6.21. The van der Waals surface area contributed by atoms with E-state index in [9.17, 15) is 9.59 Å². The minimum atomic E-state index is -0.276. The number of hydrogen-bond donors (Lipinski definition) is 1. The zero-order valence-electron chi connectivity index (χ0n) is 12.2. The van der Waals surface area contributed by atoms with Crippen LogP contribution in [0, 0.1) is 0 Å². The van der Waals surface area contributed by atoms with E-state index in [4.69, 9.17) is 4.74 Å². The van der Waals surface area contributed by atoms with E-state index in [2.05, 4.69) is 5.32 Å². The highest BCUT2D eigenvalue weighted by Gasteiger charge is 2.34. The van der Waals surface area contributed by atoms with Crippen molar-refractivity contribution in [3.8, 4) is 5.75 Å². The summed E-state index contributed by atoms with van der Waals surface area (Å²) in [6, 6.07) is 14.3. The molecule has 5 heteroatoms. The normalized spacial score (nSPS) is 13.2. The molecular formula is C17H16N2O3. The summed E-state index contributed by atoms with van der Waals surface area (Å²) in [6.07, 6.45) is 0. The van der Waals surface area contributed by atoms with Crippen molar-refractivity contribution >= 4 is 17.5 Å². The summed E-state index contributed by atoms with van der Waals surface area (Å²) in [7, 11) is 0. The molecule has 0 fully saturated rings. The number of rotatable bonds is 5. The molecule has 1 N–H and O–H groups in total. The molecule has 0 bridgehead atoms. The number of carbonyl (C=O) groups is 2. The van der Waals surface area contributed by atoms with Crippen LogP contribution in [-0.4, -0.2) is 30.0 Å². The molecule has 22 heavy (non-hydrogen) atoms. The van der Waals surface area contributed by atoms with Gasteiger partial charge in [-0.3, -0.25) is 14.5 Å². The molecule has 2 aromatic carbocycles. The van der Waals surface area contributed by atoms with Crippen LogP contribution < -0.4 is 10.1 Å². The smallest absolute Gasteiger partial charge is 0.263 e. The van der Waals surface area contributed by atoms with Crippen LogP contribution in [0.1, 0.15) is 27.6 Å². The second kappa shape index (κ2) is 5.89. The molecular weight excluding hydrogens is 280 g/mol. The van der Waals surface area contributed by atoms with Gasteiger partial charge in [0.1, 0.15) is 5.75 Å². The SMILES string of the molecule is CCOc1ccccc1NCN1C(=O)c2ccccc2C1=O. The van der Waals surface area contributed by atoms with Gasteiger partial charge in [0.05, 0.1) is 30.1 Å². The predicted molar refractivity (Wildman–Crippen MR) is 83.0 cm³/mol. The molecule has 112 valence electrons. The molecule has 5 nitrogen and oxygen atoms in total. The van der Waals surface area contributed by atoms with E-state index >= 15 is 0 Å². The Hall–Kier alpha value is -2.82. The fraction of sp³-hybridized carbons (Fsp3) is 0.176. The van der Waals surface area contributed by atoms with Crippen molar-refractivity contribution in [3.05, 3.63) is 59.7 Å². The maximum Gasteiger partial charge on any atom is 0.263 e. The summed E-state index contributed by atoms with van der Waals surface area (Å²) in [5, 5.41) is 3.09. The number of amides is 2. The molecule has 0 saturated heterocycles. The molecule has 2 aromatic rings. The van der Waals surface area contributed by atoms with Gasteiger partial charge >= 0.3 is 0 Å². The van der Waals surface area contributed by atoms with Crippen molar-refractivity contribution in [2.24, 2.45) is 0 Å². The van der Waals surface area contributed by atoms with Crippen LogP contribution in [0.3, 0.4) is 0 Å². The molecule has 0 spiro atoms. The van der Waals surface area contributed by atoms with E-state index in [1.165, 1.54) is 4.90 Å². The monoisotopic (exact) mass is 296 g/mol. The molecule has 1 aliphatic heterocycles. The standard InChI is InChI=1S/C17H16N2O3/c1-2-22-15-10-6-5-9-14(15)18-11-19-16(20)12-7-3-4-8-13(12)17(19)21/h3-10,18H,2,11H2,1H3.